The van der Waals surface area contributed by atoms with Crippen molar-refractivity contribution in [2.24, 2.45) is 23.2 Å². The molecule has 0 aromatic rings. The van der Waals surface area contributed by atoms with Crippen LogP contribution in [0.5, 0.6) is 0 Å². The molecule has 4 aliphatic rings. The minimum atomic E-state index is -0.861. The fourth-order valence-electron chi connectivity index (χ4n) is 12.3. The number of nitrogens with one attached hydrogen (secondary N) is 2. The SMILES string of the molecule is CCCCCCCCCCCCCCCCCCOC(=O)CC[C@H](NC(=O)CCCCCNC(=O)CC12CC3CC(CC(C3)C1)C2)C(=O)OCCCCCCCCCCCCCCCCCC. The number of carbonyl (C=O) groups is 4. The average Bonchev–Trinajstić information content (AvgIpc) is 3.30. The first-order chi connectivity index (χ1) is 32.8. The molecule has 4 bridgehead atoms. The van der Waals surface area contributed by atoms with Crippen LogP contribution in [-0.2, 0) is 28.7 Å². The zero-order chi connectivity index (χ0) is 47.9. The van der Waals surface area contributed by atoms with Gasteiger partial charge in [0.2, 0.25) is 11.8 Å². The topological polar surface area (TPSA) is 111 Å². The van der Waals surface area contributed by atoms with Gasteiger partial charge in [-0.05, 0) is 93.8 Å². The number of ether oxygens (including phenoxy) is 2. The molecule has 0 aliphatic heterocycles. The lowest BCUT2D eigenvalue weighted by Crippen LogP contribution is -2.48. The van der Waals surface area contributed by atoms with Gasteiger partial charge in [0.1, 0.15) is 6.04 Å². The van der Waals surface area contributed by atoms with Crippen LogP contribution in [0.4, 0.5) is 0 Å². The number of hydrogen-bond acceptors (Lipinski definition) is 6. The van der Waals surface area contributed by atoms with Gasteiger partial charge in [-0.3, -0.25) is 14.4 Å². The van der Waals surface area contributed by atoms with Crippen LogP contribution in [0, 0.1) is 23.2 Å². The smallest absolute Gasteiger partial charge is 0.328 e. The number of esters is 2. The fourth-order valence-corrected chi connectivity index (χ4v) is 12.3. The quantitative estimate of drug-likeness (QED) is 0.0464. The van der Waals surface area contributed by atoms with E-state index in [-0.39, 0.29) is 36.0 Å². The van der Waals surface area contributed by atoms with Crippen molar-refractivity contribution in [3.63, 3.8) is 0 Å². The Morgan fingerprint density at radius 3 is 1.24 bits per heavy atom. The molecule has 4 aliphatic carbocycles. The third kappa shape index (κ3) is 30.3. The zero-order valence-electron chi connectivity index (χ0n) is 44.2. The van der Waals surface area contributed by atoms with Gasteiger partial charge >= 0.3 is 11.9 Å². The molecule has 0 aromatic heterocycles. The summed E-state index contributed by atoms with van der Waals surface area (Å²) in [5.41, 5.74) is 0.252. The van der Waals surface area contributed by atoms with Crippen LogP contribution in [0.2, 0.25) is 0 Å². The molecule has 4 fully saturated rings. The predicted molar refractivity (Wildman–Crippen MR) is 279 cm³/mol. The summed E-state index contributed by atoms with van der Waals surface area (Å²) in [5, 5.41) is 6.07. The molecular weight excluding hydrogens is 833 g/mol. The van der Waals surface area contributed by atoms with Gasteiger partial charge in [-0.25, -0.2) is 4.79 Å². The second-order valence-electron chi connectivity index (χ2n) is 22.4. The van der Waals surface area contributed by atoms with E-state index >= 15 is 0 Å². The number of unbranched alkanes of at least 4 members (excludes halogenated alkanes) is 32. The highest BCUT2D eigenvalue weighted by Gasteiger charge is 2.51. The van der Waals surface area contributed by atoms with E-state index in [0.29, 0.717) is 39.0 Å². The van der Waals surface area contributed by atoms with Crippen molar-refractivity contribution in [1.82, 2.24) is 10.6 Å². The highest BCUT2D eigenvalue weighted by molar-refractivity contribution is 5.85. The lowest BCUT2D eigenvalue weighted by Gasteiger charge is -2.56. The van der Waals surface area contributed by atoms with Crippen molar-refractivity contribution in [2.45, 2.75) is 309 Å². The summed E-state index contributed by atoms with van der Waals surface area (Å²) in [7, 11) is 0. The van der Waals surface area contributed by atoms with Crippen molar-refractivity contribution in [2.75, 3.05) is 19.8 Å². The summed E-state index contributed by atoms with van der Waals surface area (Å²) in [4.78, 5) is 52.0. The van der Waals surface area contributed by atoms with Crippen LogP contribution in [0.3, 0.4) is 0 Å². The van der Waals surface area contributed by atoms with Gasteiger partial charge in [0.05, 0.1) is 13.2 Å². The van der Waals surface area contributed by atoms with Crippen LogP contribution in [0.25, 0.3) is 0 Å². The first-order valence-electron chi connectivity index (χ1n) is 29.7. The maximum atomic E-state index is 13.3. The van der Waals surface area contributed by atoms with Crippen LogP contribution < -0.4 is 10.6 Å². The van der Waals surface area contributed by atoms with Crippen molar-refractivity contribution < 1.29 is 28.7 Å². The van der Waals surface area contributed by atoms with Gasteiger partial charge in [-0.2, -0.15) is 0 Å². The molecule has 8 nitrogen and oxygen atoms in total. The lowest BCUT2D eigenvalue weighted by molar-refractivity contribution is -0.149. The first-order valence-corrected chi connectivity index (χ1v) is 29.7. The van der Waals surface area contributed by atoms with Crippen LogP contribution in [0.15, 0.2) is 0 Å². The van der Waals surface area contributed by atoms with E-state index < -0.39 is 12.0 Å². The van der Waals surface area contributed by atoms with Crippen molar-refractivity contribution >= 4 is 23.8 Å². The Morgan fingerprint density at radius 2 is 0.821 bits per heavy atom. The molecule has 0 aromatic carbocycles. The minimum Gasteiger partial charge on any atom is -0.466 e. The summed E-state index contributed by atoms with van der Waals surface area (Å²) in [6.45, 7) is 5.94. The van der Waals surface area contributed by atoms with Crippen molar-refractivity contribution in [3.8, 4) is 0 Å². The minimum absolute atomic E-state index is 0.0703. The fraction of sp³-hybridized carbons (Fsp3) is 0.932. The molecule has 67 heavy (non-hydrogen) atoms. The van der Waals surface area contributed by atoms with Gasteiger partial charge < -0.3 is 20.1 Å². The second kappa shape index (κ2) is 39.6. The maximum absolute atomic E-state index is 13.3. The lowest BCUT2D eigenvalue weighted by atomic mass is 9.49. The highest BCUT2D eigenvalue weighted by atomic mass is 16.5. The average molecular weight is 942 g/mol. The molecule has 1 atom stereocenters. The Hall–Kier alpha value is -2.12. The molecule has 4 saturated carbocycles. The number of carbonyl (C=O) groups excluding carboxylic acids is 4. The van der Waals surface area contributed by atoms with Crippen LogP contribution in [-0.4, -0.2) is 49.6 Å². The Bertz CT molecular complexity index is 1220. The largest absolute Gasteiger partial charge is 0.466 e. The van der Waals surface area contributed by atoms with Gasteiger partial charge in [0.25, 0.3) is 0 Å². The Labute approximate surface area is 413 Å². The van der Waals surface area contributed by atoms with E-state index in [2.05, 4.69) is 24.5 Å². The predicted octanol–water partition coefficient (Wildman–Crippen LogP) is 16.1. The van der Waals surface area contributed by atoms with E-state index in [4.69, 9.17) is 9.47 Å². The Morgan fingerprint density at radius 1 is 0.448 bits per heavy atom. The van der Waals surface area contributed by atoms with E-state index in [1.165, 1.54) is 212 Å². The monoisotopic (exact) mass is 941 g/mol. The summed E-state index contributed by atoms with van der Waals surface area (Å²) >= 11 is 0. The summed E-state index contributed by atoms with van der Waals surface area (Å²) < 4.78 is 11.2. The molecule has 0 radical (unpaired) electrons. The normalized spacial score (nSPS) is 19.9. The third-order valence-electron chi connectivity index (χ3n) is 15.9. The standard InChI is InChI=1S/C59H108N2O6/c1-3-5-7-9-11-13-15-17-19-21-23-25-27-29-31-36-42-66-57(64)40-39-54(58(65)67-43-37-32-30-28-26-24-22-20-18-16-14-12-10-8-6-4-2)61-55(62)38-34-33-35-41-60-56(63)50-59-47-51-44-52(48-59)46-53(45-51)49-59/h51-54H,3-50H2,1-2H3,(H,60,63)(H,61,62)/t51?,52?,53?,54-,59?/m0/s1. The molecule has 0 spiro atoms. The highest BCUT2D eigenvalue weighted by Crippen LogP contribution is 2.61. The summed E-state index contributed by atoms with van der Waals surface area (Å²) in [6.07, 6.45) is 52.9. The first kappa shape index (κ1) is 59.2. The van der Waals surface area contributed by atoms with E-state index in [9.17, 15) is 19.2 Å². The number of hydrogen-bond donors (Lipinski definition) is 2. The molecule has 390 valence electrons. The van der Waals surface area contributed by atoms with Gasteiger partial charge in [-0.15, -0.1) is 0 Å². The number of amides is 2. The van der Waals surface area contributed by atoms with Gasteiger partial charge in [0.15, 0.2) is 0 Å². The number of rotatable bonds is 47. The molecule has 0 saturated heterocycles. The second-order valence-corrected chi connectivity index (χ2v) is 22.4. The van der Waals surface area contributed by atoms with Crippen molar-refractivity contribution in [1.29, 1.82) is 0 Å². The van der Waals surface area contributed by atoms with Gasteiger partial charge in [-0.1, -0.05) is 213 Å². The van der Waals surface area contributed by atoms with Crippen LogP contribution in [0.1, 0.15) is 303 Å². The van der Waals surface area contributed by atoms with E-state index in [0.717, 1.165) is 62.7 Å². The summed E-state index contributed by atoms with van der Waals surface area (Å²) in [6, 6.07) is -0.861. The van der Waals surface area contributed by atoms with E-state index in [1.807, 2.05) is 0 Å². The molecule has 2 amide bonds. The summed E-state index contributed by atoms with van der Waals surface area (Å²) in [5.74, 6) is 1.77. The Kier molecular flexibility index (Phi) is 35.0. The molecular formula is C59H108N2O6. The molecule has 0 heterocycles. The van der Waals surface area contributed by atoms with Crippen LogP contribution >= 0.6 is 0 Å². The molecule has 0 unspecified atom stereocenters. The molecule has 2 N–H and O–H groups in total. The maximum Gasteiger partial charge on any atom is 0.328 e. The molecule has 4 rings (SSSR count). The third-order valence-corrected chi connectivity index (χ3v) is 15.9. The van der Waals surface area contributed by atoms with Gasteiger partial charge in [0, 0.05) is 25.8 Å². The van der Waals surface area contributed by atoms with E-state index in [1.54, 1.807) is 0 Å². The zero-order valence-corrected chi connectivity index (χ0v) is 44.2. The molecule has 8 heteroatoms. The van der Waals surface area contributed by atoms with Crippen molar-refractivity contribution in [3.05, 3.63) is 0 Å². The Balaban J connectivity index is 1.23.